The summed E-state index contributed by atoms with van der Waals surface area (Å²) in [5.41, 5.74) is 2.90. The number of halogens is 1. The van der Waals surface area contributed by atoms with Crippen molar-refractivity contribution in [2.45, 2.75) is 13.6 Å². The SMILES string of the molecule is Cc1ccc(-c2nn(CNc3ccccc3Cl)c(=S)o2)cc1. The zero-order valence-electron chi connectivity index (χ0n) is 11.9. The predicted molar refractivity (Wildman–Crippen MR) is 90.6 cm³/mol. The maximum Gasteiger partial charge on any atom is 0.289 e. The van der Waals surface area contributed by atoms with Gasteiger partial charge in [-0.15, -0.1) is 5.10 Å². The van der Waals surface area contributed by atoms with Gasteiger partial charge in [0, 0.05) is 5.56 Å². The number of para-hydroxylation sites is 1. The smallest absolute Gasteiger partial charge is 0.289 e. The fraction of sp³-hybridized carbons (Fsp3) is 0.125. The van der Waals surface area contributed by atoms with Gasteiger partial charge in [-0.25, -0.2) is 4.68 Å². The van der Waals surface area contributed by atoms with Crippen LogP contribution < -0.4 is 5.32 Å². The molecule has 1 heterocycles. The van der Waals surface area contributed by atoms with Crippen molar-refractivity contribution in [1.82, 2.24) is 9.78 Å². The fourth-order valence-corrected chi connectivity index (χ4v) is 2.37. The zero-order chi connectivity index (χ0) is 15.5. The van der Waals surface area contributed by atoms with Crippen molar-refractivity contribution in [3.05, 3.63) is 64.0 Å². The van der Waals surface area contributed by atoms with Gasteiger partial charge in [-0.05, 0) is 43.4 Å². The highest BCUT2D eigenvalue weighted by Gasteiger charge is 2.08. The summed E-state index contributed by atoms with van der Waals surface area (Å²) in [5.74, 6) is 0.506. The van der Waals surface area contributed by atoms with Crippen LogP contribution in [0.4, 0.5) is 5.69 Å². The molecule has 0 atom stereocenters. The minimum Gasteiger partial charge on any atom is -0.409 e. The number of hydrogen-bond acceptors (Lipinski definition) is 4. The molecular weight excluding hydrogens is 318 g/mol. The fourth-order valence-electron chi connectivity index (χ4n) is 1.98. The summed E-state index contributed by atoms with van der Waals surface area (Å²) in [6.45, 7) is 2.42. The van der Waals surface area contributed by atoms with Gasteiger partial charge in [-0.3, -0.25) is 0 Å². The van der Waals surface area contributed by atoms with Crippen molar-refractivity contribution < 1.29 is 4.42 Å². The first-order valence-corrected chi connectivity index (χ1v) is 7.55. The Kier molecular flexibility index (Phi) is 4.27. The van der Waals surface area contributed by atoms with Crippen LogP contribution in [0.25, 0.3) is 11.5 Å². The number of nitrogens with zero attached hydrogens (tertiary/aromatic N) is 2. The van der Waals surface area contributed by atoms with Crippen molar-refractivity contribution >= 4 is 29.5 Å². The van der Waals surface area contributed by atoms with E-state index in [0.717, 1.165) is 11.3 Å². The number of anilines is 1. The van der Waals surface area contributed by atoms with Gasteiger partial charge in [-0.2, -0.15) is 0 Å². The third-order valence-electron chi connectivity index (χ3n) is 3.20. The summed E-state index contributed by atoms with van der Waals surface area (Å²) in [6.07, 6.45) is 0. The van der Waals surface area contributed by atoms with Crippen LogP contribution in [0, 0.1) is 11.8 Å². The number of nitrogens with one attached hydrogen (secondary N) is 1. The van der Waals surface area contributed by atoms with Crippen LogP contribution in [-0.2, 0) is 6.67 Å². The van der Waals surface area contributed by atoms with Crippen molar-refractivity contribution in [3.8, 4) is 11.5 Å². The van der Waals surface area contributed by atoms with E-state index < -0.39 is 0 Å². The normalized spacial score (nSPS) is 10.6. The molecule has 0 saturated heterocycles. The van der Waals surface area contributed by atoms with E-state index in [1.165, 1.54) is 5.56 Å². The Morgan fingerprint density at radius 1 is 1.18 bits per heavy atom. The van der Waals surface area contributed by atoms with Crippen LogP contribution in [0.1, 0.15) is 5.56 Å². The van der Waals surface area contributed by atoms with E-state index >= 15 is 0 Å². The molecule has 0 radical (unpaired) electrons. The second-order valence-electron chi connectivity index (χ2n) is 4.85. The number of aryl methyl sites for hydroxylation is 1. The molecule has 112 valence electrons. The van der Waals surface area contributed by atoms with Crippen LogP contribution in [0.2, 0.25) is 5.02 Å². The van der Waals surface area contributed by atoms with Crippen LogP contribution in [0.3, 0.4) is 0 Å². The van der Waals surface area contributed by atoms with Gasteiger partial charge in [-0.1, -0.05) is 41.4 Å². The lowest BCUT2D eigenvalue weighted by atomic mass is 10.1. The minimum atomic E-state index is 0.315. The number of hydrogen-bond donors (Lipinski definition) is 1. The molecule has 2 aromatic carbocycles. The molecule has 4 nitrogen and oxygen atoms in total. The summed E-state index contributed by atoms with van der Waals surface area (Å²) < 4.78 is 7.14. The second-order valence-corrected chi connectivity index (χ2v) is 5.61. The first kappa shape index (κ1) is 14.8. The van der Waals surface area contributed by atoms with Gasteiger partial charge in [0.25, 0.3) is 4.84 Å². The topological polar surface area (TPSA) is 43.0 Å². The van der Waals surface area contributed by atoms with Gasteiger partial charge in [0.05, 0.1) is 10.7 Å². The molecule has 0 fully saturated rings. The van der Waals surface area contributed by atoms with E-state index in [1.54, 1.807) is 4.68 Å². The molecule has 0 saturated carbocycles. The maximum atomic E-state index is 6.10. The van der Waals surface area contributed by atoms with E-state index in [0.29, 0.717) is 22.4 Å². The lowest BCUT2D eigenvalue weighted by molar-refractivity contribution is 0.522. The van der Waals surface area contributed by atoms with Crippen LogP contribution in [-0.4, -0.2) is 9.78 Å². The lowest BCUT2D eigenvalue weighted by Gasteiger charge is -2.06. The van der Waals surface area contributed by atoms with Gasteiger partial charge >= 0.3 is 0 Å². The Balaban J connectivity index is 1.80. The molecule has 0 unspecified atom stereocenters. The molecule has 0 aliphatic carbocycles. The molecule has 1 aromatic heterocycles. The first-order valence-electron chi connectivity index (χ1n) is 6.77. The van der Waals surface area contributed by atoms with Gasteiger partial charge in [0.15, 0.2) is 0 Å². The quantitative estimate of drug-likeness (QED) is 0.690. The number of benzene rings is 2. The average molecular weight is 332 g/mol. The third kappa shape index (κ3) is 3.21. The van der Waals surface area contributed by atoms with E-state index in [-0.39, 0.29) is 0 Å². The Morgan fingerprint density at radius 2 is 1.91 bits per heavy atom. The van der Waals surface area contributed by atoms with Gasteiger partial charge in [0.2, 0.25) is 5.89 Å². The van der Waals surface area contributed by atoms with Crippen molar-refractivity contribution in [3.63, 3.8) is 0 Å². The molecule has 0 amide bonds. The number of aromatic nitrogens is 2. The molecule has 6 heteroatoms. The Bertz CT molecular complexity index is 839. The molecule has 3 rings (SSSR count). The zero-order valence-corrected chi connectivity index (χ0v) is 13.5. The van der Waals surface area contributed by atoms with E-state index in [2.05, 4.69) is 10.4 Å². The molecule has 0 aliphatic heterocycles. The summed E-state index contributed by atoms with van der Waals surface area (Å²) in [6, 6.07) is 15.4. The first-order chi connectivity index (χ1) is 10.6. The van der Waals surface area contributed by atoms with Crippen molar-refractivity contribution in [2.75, 3.05) is 5.32 Å². The Labute approximate surface area is 138 Å². The second kappa shape index (κ2) is 6.34. The van der Waals surface area contributed by atoms with E-state index in [1.807, 2.05) is 55.5 Å². The molecule has 3 aromatic rings. The summed E-state index contributed by atoms with van der Waals surface area (Å²) in [7, 11) is 0. The van der Waals surface area contributed by atoms with E-state index in [9.17, 15) is 0 Å². The number of rotatable bonds is 4. The van der Waals surface area contributed by atoms with Crippen LogP contribution in [0.15, 0.2) is 52.9 Å². The lowest BCUT2D eigenvalue weighted by Crippen LogP contribution is -2.09. The summed E-state index contributed by atoms with van der Waals surface area (Å²) in [4.78, 5) is 0.315. The summed E-state index contributed by atoms with van der Waals surface area (Å²) >= 11 is 11.3. The third-order valence-corrected chi connectivity index (χ3v) is 3.82. The molecule has 0 spiro atoms. The largest absolute Gasteiger partial charge is 0.409 e. The highest BCUT2D eigenvalue weighted by Crippen LogP contribution is 2.21. The Hall–Kier alpha value is -2.11. The highest BCUT2D eigenvalue weighted by molar-refractivity contribution is 7.71. The standard InChI is InChI=1S/C16H14ClN3OS/c1-11-6-8-12(9-7-11)15-19-20(16(22)21-15)10-18-14-5-3-2-4-13(14)17/h2-9,18H,10H2,1H3. The minimum absolute atomic E-state index is 0.315. The molecule has 1 N–H and O–H groups in total. The molecule has 22 heavy (non-hydrogen) atoms. The Morgan fingerprint density at radius 3 is 2.64 bits per heavy atom. The van der Waals surface area contributed by atoms with Crippen molar-refractivity contribution in [1.29, 1.82) is 0 Å². The van der Waals surface area contributed by atoms with Gasteiger partial charge < -0.3 is 9.73 Å². The monoisotopic (exact) mass is 331 g/mol. The highest BCUT2D eigenvalue weighted by atomic mass is 35.5. The van der Waals surface area contributed by atoms with Crippen molar-refractivity contribution in [2.24, 2.45) is 0 Å². The average Bonchev–Trinajstić information content (AvgIpc) is 2.88. The van der Waals surface area contributed by atoms with Gasteiger partial charge in [0.1, 0.15) is 6.67 Å². The van der Waals surface area contributed by atoms with Crippen LogP contribution in [0.5, 0.6) is 0 Å². The maximum absolute atomic E-state index is 6.10. The summed E-state index contributed by atoms with van der Waals surface area (Å²) in [5, 5.41) is 8.23. The molecule has 0 aliphatic rings. The van der Waals surface area contributed by atoms with Crippen LogP contribution >= 0.6 is 23.8 Å². The van der Waals surface area contributed by atoms with E-state index in [4.69, 9.17) is 28.2 Å². The molecular formula is C16H14ClN3OS. The molecule has 0 bridgehead atoms. The predicted octanol–water partition coefficient (Wildman–Crippen LogP) is 4.90.